The largest absolute Gasteiger partial charge is 0.367 e. The van der Waals surface area contributed by atoms with Crippen molar-refractivity contribution in [3.8, 4) is 0 Å². The van der Waals surface area contributed by atoms with Crippen LogP contribution in [0, 0.1) is 74.1 Å². The van der Waals surface area contributed by atoms with Gasteiger partial charge in [0, 0.05) is 145 Å². The van der Waals surface area contributed by atoms with Gasteiger partial charge in [0.25, 0.3) is 11.8 Å². The second kappa shape index (κ2) is 38.2. The van der Waals surface area contributed by atoms with Gasteiger partial charge in [0.15, 0.2) is 29.1 Å². The zero-order valence-electron chi connectivity index (χ0n) is 77.0. The third-order valence-corrected chi connectivity index (χ3v) is 31.0. The molecular formula is C102H101N23O3S6. The number of hydrogen-bond acceptors (Lipinski definition) is 24. The van der Waals surface area contributed by atoms with E-state index in [1.807, 2.05) is 166 Å². The molecule has 21 aromatic rings. The summed E-state index contributed by atoms with van der Waals surface area (Å²) in [4.78, 5) is 76.7. The minimum absolute atomic E-state index is 0.119. The van der Waals surface area contributed by atoms with Crippen LogP contribution in [0.2, 0.25) is 0 Å². The number of thiophene rings is 6. The summed E-state index contributed by atoms with van der Waals surface area (Å²) in [5.74, 6) is 5.63. The number of benzene rings is 4. The van der Waals surface area contributed by atoms with Gasteiger partial charge in [-0.25, -0.2) is 29.9 Å². The lowest BCUT2D eigenvalue weighted by Crippen LogP contribution is -2.29. The van der Waals surface area contributed by atoms with Gasteiger partial charge < -0.3 is 31.9 Å². The zero-order valence-corrected chi connectivity index (χ0v) is 81.9. The summed E-state index contributed by atoms with van der Waals surface area (Å²) in [7, 11) is 9.83. The number of fused-ring (bicyclic) bond motifs is 18. The maximum atomic E-state index is 12.6. The third kappa shape index (κ3) is 18.4. The van der Waals surface area contributed by atoms with Crippen LogP contribution in [0.3, 0.4) is 0 Å². The summed E-state index contributed by atoms with van der Waals surface area (Å²) in [5.41, 5.74) is 20.6. The van der Waals surface area contributed by atoms with E-state index in [2.05, 4.69) is 211 Å². The topological polar surface area (TPSA) is 302 Å². The number of nitrogens with zero attached hydrogens (tertiary/aromatic N) is 17. The number of hydrogen-bond donors (Lipinski definition) is 6. The maximum Gasteiger partial charge on any atom is 0.256 e. The van der Waals surface area contributed by atoms with Gasteiger partial charge in [0.2, 0.25) is 5.91 Å². The van der Waals surface area contributed by atoms with Gasteiger partial charge >= 0.3 is 0 Å². The Bertz CT molecular complexity index is 8070. The van der Waals surface area contributed by atoms with Gasteiger partial charge in [-0.3, -0.25) is 42.8 Å². The number of amidine groups is 1. The molecule has 0 saturated heterocycles. The molecule has 0 spiro atoms. The number of rotatable bonds is 14. The van der Waals surface area contributed by atoms with Crippen LogP contribution in [-0.2, 0) is 59.7 Å². The quantitative estimate of drug-likeness (QED) is 0.0589. The molecule has 17 aromatic heterocycles. The molecular weight excluding hydrogens is 1790 g/mol. The summed E-state index contributed by atoms with van der Waals surface area (Å²) < 4.78 is 15.1. The first-order valence-corrected chi connectivity index (χ1v) is 49.7. The molecule has 6 N–H and O–H groups in total. The van der Waals surface area contributed by atoms with Gasteiger partial charge in [-0.1, -0.05) is 116 Å². The van der Waals surface area contributed by atoms with E-state index in [0.717, 1.165) is 179 Å². The van der Waals surface area contributed by atoms with E-state index in [1.54, 1.807) is 80.2 Å². The second-order valence-electron chi connectivity index (χ2n) is 34.5. The van der Waals surface area contributed by atoms with E-state index in [4.69, 9.17) is 0 Å². The first-order valence-electron chi connectivity index (χ1n) is 44.8. The molecule has 3 aliphatic rings. The lowest BCUT2D eigenvalue weighted by molar-refractivity contribution is -0.120. The normalized spacial score (nSPS) is 13.1. The van der Waals surface area contributed by atoms with Crippen molar-refractivity contribution in [3.05, 3.63) is 259 Å². The molecule has 4 aromatic carbocycles. The van der Waals surface area contributed by atoms with Crippen LogP contribution < -0.4 is 31.9 Å². The monoisotopic (exact) mass is 1890 g/mol. The number of nitrogens with one attached hydrogen (secondary N) is 6. The fraction of sp³-hybridized carbons (Fsp3) is 0.265. The van der Waals surface area contributed by atoms with E-state index >= 15 is 0 Å². The predicted octanol–water partition coefficient (Wildman–Crippen LogP) is 23.5. The van der Waals surface area contributed by atoms with E-state index in [9.17, 15) is 14.4 Å². The lowest BCUT2D eigenvalue weighted by atomic mass is 9.89. The highest BCUT2D eigenvalue weighted by Gasteiger charge is 2.30. The molecule has 3 amide bonds. The molecule has 24 rings (SSSR count). The Morgan fingerprint density at radius 3 is 1.30 bits per heavy atom. The first-order chi connectivity index (χ1) is 64.9. The number of anilines is 5. The number of aromatic nitrogens is 16. The number of carbonyl (C=O) groups is 3. The Kier molecular flexibility index (Phi) is 25.5. The minimum atomic E-state index is -0.158. The number of amides is 3. The highest BCUT2D eigenvalue weighted by atomic mass is 32.1. The van der Waals surface area contributed by atoms with E-state index in [1.165, 1.54) is 93.9 Å². The van der Waals surface area contributed by atoms with Crippen LogP contribution in [0.4, 0.5) is 29.1 Å². The average Bonchev–Trinajstić information content (AvgIpc) is 1.61. The fourth-order valence-corrected chi connectivity index (χ4v) is 24.8. The molecule has 32 heteroatoms. The molecule has 678 valence electrons. The van der Waals surface area contributed by atoms with Crippen molar-refractivity contribution in [2.75, 3.05) is 33.1 Å². The van der Waals surface area contributed by atoms with Crippen LogP contribution in [0.25, 0.3) is 112 Å². The van der Waals surface area contributed by atoms with Crippen molar-refractivity contribution in [1.29, 1.82) is 0 Å². The highest BCUT2D eigenvalue weighted by molar-refractivity contribution is 7.27. The molecule has 2 aliphatic carbocycles. The standard InChI is InChI=1S/C18H22N4OS.C18H16N4OS.C18H15N3OS.2C17H16N4S.C14H16N4S/c2*1-10-9-11(2)19-18-13(10)14-15(24-18)16(21-22(14)3)20-17(23)12-7-5-4-6-8-12;1-10-3-6-12(7-4-10)17(22)21-16-15-14(9-19-16)13-8-5-11(2)20-18(13)23-15;1-11-8-9-18-17-13(11)14-15(22-17)16(20-21(14)2)19-10-12-6-4-3-5-7-12;1-11-8-9-13-14-15(22-17(13)19-11)16(20-21(14)2)18-10-12-6-4-3-5-7-12;1-8-5-6-15-14-10(8)11-12(19-14)13(17-18(11)2)16-7-9-3-4-9/h9,12H,4-8H2,1-3H3,(H,20,21,23);4-9H,1-3H3,(H,20,21,23);3-8H,9H2,1-2H3,(H,19,21,22);3-9H,10H2,1-2H3,(H,19,20);3-9H,10H2,1-2H3,(H,18,20);5-6,9H,3-4,7H2,1-2H3,(H,16,17). The SMILES string of the molecule is Cc1cc(C)c2c(n1)sc1c(NC(=O)C3CCCCC3)nn(C)c12.Cc1cc(C)c2c(n1)sc1c(NC(=O)c3ccccc3)nn(C)c12.Cc1ccc(C(=O)NC2=NCc3c2sc2nc(C)ccc32)cc1.Cc1ccc2c(n1)sc1c(NCc3ccccc3)nn(C)c12.Cc1ccnc2sc3c(NCC4CC4)nn(C)c3c12.Cc1ccnc2sc3c(NCc4ccccc4)nn(C)c3c12. The van der Waals surface area contributed by atoms with Crippen molar-refractivity contribution in [3.63, 3.8) is 0 Å². The van der Waals surface area contributed by atoms with Gasteiger partial charge in [0.1, 0.15) is 34.8 Å². The van der Waals surface area contributed by atoms with Crippen LogP contribution in [0.1, 0.15) is 138 Å². The molecule has 18 heterocycles. The first kappa shape index (κ1) is 89.6. The van der Waals surface area contributed by atoms with E-state index in [0.29, 0.717) is 35.1 Å². The Labute approximate surface area is 797 Å². The smallest absolute Gasteiger partial charge is 0.256 e. The Hall–Kier alpha value is -13.6. The predicted molar refractivity (Wildman–Crippen MR) is 554 cm³/mol. The summed E-state index contributed by atoms with van der Waals surface area (Å²) in [5, 5.41) is 49.3. The molecule has 2 saturated carbocycles. The second-order valence-corrected chi connectivity index (χ2v) is 40.5. The zero-order chi connectivity index (χ0) is 92.9. The number of aryl methyl sites for hydroxylation is 14. The molecule has 0 bridgehead atoms. The van der Waals surface area contributed by atoms with Crippen molar-refractivity contribution in [2.24, 2.45) is 52.1 Å². The molecule has 134 heavy (non-hydrogen) atoms. The summed E-state index contributed by atoms with van der Waals surface area (Å²) in [6.07, 6.45) is 12.0. The van der Waals surface area contributed by atoms with Crippen molar-refractivity contribution < 1.29 is 14.4 Å². The van der Waals surface area contributed by atoms with E-state index < -0.39 is 0 Å². The average molecular weight is 1890 g/mol. The molecule has 0 radical (unpaired) electrons. The Morgan fingerprint density at radius 1 is 0.373 bits per heavy atom. The van der Waals surface area contributed by atoms with Crippen molar-refractivity contribution in [2.45, 2.75) is 127 Å². The van der Waals surface area contributed by atoms with Crippen LogP contribution in [-0.4, -0.2) is 109 Å². The number of carbonyl (C=O) groups excluding carboxylic acids is 3. The van der Waals surface area contributed by atoms with Crippen LogP contribution in [0.15, 0.2) is 181 Å². The number of aliphatic imine (C=N–C) groups is 1. The Morgan fingerprint density at radius 2 is 0.784 bits per heavy atom. The third-order valence-electron chi connectivity index (χ3n) is 24.4. The van der Waals surface area contributed by atoms with Crippen molar-refractivity contribution >= 4 is 233 Å². The highest BCUT2D eigenvalue weighted by Crippen LogP contribution is 2.45. The Balaban J connectivity index is 0.000000104. The molecule has 0 unspecified atom stereocenters. The molecule has 26 nitrogen and oxygen atoms in total. The minimum Gasteiger partial charge on any atom is -0.367 e. The van der Waals surface area contributed by atoms with Gasteiger partial charge in [-0.05, 0) is 200 Å². The van der Waals surface area contributed by atoms with Crippen LogP contribution in [0.5, 0.6) is 0 Å². The van der Waals surface area contributed by atoms with Crippen molar-refractivity contribution in [1.82, 2.24) is 84.1 Å². The maximum absolute atomic E-state index is 12.6. The fourth-order valence-electron chi connectivity index (χ4n) is 17.5. The molecule has 0 atom stereocenters. The summed E-state index contributed by atoms with van der Waals surface area (Å²) >= 11 is 9.92. The summed E-state index contributed by atoms with van der Waals surface area (Å²) in [6.45, 7) is 21.7. The lowest BCUT2D eigenvalue weighted by Gasteiger charge is -2.20. The van der Waals surface area contributed by atoms with E-state index in [-0.39, 0.29) is 23.6 Å². The number of pyridine rings is 6. The summed E-state index contributed by atoms with van der Waals surface area (Å²) in [6, 6.07) is 54.0. The van der Waals surface area contributed by atoms with Crippen LogP contribution >= 0.6 is 68.0 Å². The van der Waals surface area contributed by atoms with Gasteiger partial charge in [0.05, 0.1) is 62.5 Å². The molecule has 1 aliphatic heterocycles. The van der Waals surface area contributed by atoms with Gasteiger partial charge in [-0.15, -0.1) is 68.0 Å². The van der Waals surface area contributed by atoms with Gasteiger partial charge in [-0.2, -0.15) is 25.5 Å². The molecule has 2 fully saturated rings.